The van der Waals surface area contributed by atoms with Crippen molar-refractivity contribution in [3.8, 4) is 0 Å². The molecule has 1 saturated heterocycles. The molecule has 0 aliphatic carbocycles. The van der Waals surface area contributed by atoms with Gasteiger partial charge >= 0.3 is 5.97 Å². The van der Waals surface area contributed by atoms with Crippen molar-refractivity contribution in [2.75, 3.05) is 19.6 Å². The van der Waals surface area contributed by atoms with Crippen LogP contribution in [0.15, 0.2) is 0 Å². The highest BCUT2D eigenvalue weighted by Crippen LogP contribution is 2.30. The van der Waals surface area contributed by atoms with Crippen LogP contribution in [-0.2, 0) is 6.42 Å². The van der Waals surface area contributed by atoms with Gasteiger partial charge in [-0.15, -0.1) is 11.3 Å². The third kappa shape index (κ3) is 4.29. The van der Waals surface area contributed by atoms with Crippen molar-refractivity contribution in [3.63, 3.8) is 0 Å². The summed E-state index contributed by atoms with van der Waals surface area (Å²) < 4.78 is 0. The van der Waals surface area contributed by atoms with Crippen LogP contribution >= 0.6 is 11.3 Å². The number of carboxylic acids is 1. The van der Waals surface area contributed by atoms with Crippen molar-refractivity contribution in [3.05, 3.63) is 15.6 Å². The maximum atomic E-state index is 11.5. The Hall–Kier alpha value is -0.940. The minimum Gasteiger partial charge on any atom is -0.477 e. The SMILES string of the molecule is CCC(CC)c1nc(CCN2CCC(C)CC2)sc1C(=O)O. The molecule has 2 rings (SSSR count). The van der Waals surface area contributed by atoms with Crippen LogP contribution < -0.4 is 0 Å². The number of rotatable bonds is 7. The molecule has 0 atom stereocenters. The molecule has 0 saturated carbocycles. The molecular weight excluding hydrogens is 296 g/mol. The molecule has 0 unspecified atom stereocenters. The molecule has 22 heavy (non-hydrogen) atoms. The van der Waals surface area contributed by atoms with Gasteiger partial charge < -0.3 is 10.0 Å². The zero-order chi connectivity index (χ0) is 16.1. The largest absolute Gasteiger partial charge is 0.477 e. The second-order valence-electron chi connectivity index (χ2n) is 6.41. The predicted molar refractivity (Wildman–Crippen MR) is 90.9 cm³/mol. The standard InChI is InChI=1S/C17H28N2O2S/c1-4-13(5-2)15-16(17(20)21)22-14(18-15)8-11-19-9-6-12(3)7-10-19/h12-13H,4-11H2,1-3H3,(H,20,21). The van der Waals surface area contributed by atoms with Crippen LogP contribution in [-0.4, -0.2) is 40.6 Å². The number of nitrogens with zero attached hydrogens (tertiary/aromatic N) is 2. The van der Waals surface area contributed by atoms with Crippen molar-refractivity contribution < 1.29 is 9.90 Å². The zero-order valence-electron chi connectivity index (χ0n) is 14.0. The van der Waals surface area contributed by atoms with Crippen molar-refractivity contribution in [1.29, 1.82) is 0 Å². The van der Waals surface area contributed by atoms with E-state index in [9.17, 15) is 9.90 Å². The number of aromatic carboxylic acids is 1. The van der Waals surface area contributed by atoms with Gasteiger partial charge in [0.15, 0.2) is 0 Å². The highest BCUT2D eigenvalue weighted by Gasteiger charge is 2.23. The molecule has 1 aliphatic rings. The Morgan fingerprint density at radius 1 is 1.36 bits per heavy atom. The van der Waals surface area contributed by atoms with Gasteiger partial charge in [-0.25, -0.2) is 9.78 Å². The van der Waals surface area contributed by atoms with Gasteiger partial charge in [-0.2, -0.15) is 0 Å². The zero-order valence-corrected chi connectivity index (χ0v) is 14.8. The number of hydrogen-bond acceptors (Lipinski definition) is 4. The van der Waals surface area contributed by atoms with Gasteiger partial charge in [0.05, 0.1) is 10.7 Å². The van der Waals surface area contributed by atoms with Crippen molar-refractivity contribution in [2.24, 2.45) is 5.92 Å². The molecule has 4 nitrogen and oxygen atoms in total. The molecule has 1 aliphatic heterocycles. The summed E-state index contributed by atoms with van der Waals surface area (Å²) in [4.78, 5) is 19.1. The summed E-state index contributed by atoms with van der Waals surface area (Å²) in [5.74, 6) is 0.292. The lowest BCUT2D eigenvalue weighted by molar-refractivity contribution is 0.0700. The van der Waals surface area contributed by atoms with Gasteiger partial charge in [0.1, 0.15) is 4.88 Å². The summed E-state index contributed by atoms with van der Waals surface area (Å²) in [6.07, 6.45) is 5.32. The van der Waals surface area contributed by atoms with E-state index in [0.717, 1.165) is 55.5 Å². The third-order valence-electron chi connectivity index (χ3n) is 4.78. The Kier molecular flexibility index (Phi) is 6.38. The minimum absolute atomic E-state index is 0.270. The Bertz CT molecular complexity index is 489. The fourth-order valence-electron chi connectivity index (χ4n) is 3.13. The van der Waals surface area contributed by atoms with Crippen LogP contribution in [0, 0.1) is 5.92 Å². The first-order valence-electron chi connectivity index (χ1n) is 8.50. The van der Waals surface area contributed by atoms with Gasteiger partial charge in [0.2, 0.25) is 0 Å². The summed E-state index contributed by atoms with van der Waals surface area (Å²) in [6.45, 7) is 9.86. The van der Waals surface area contributed by atoms with Gasteiger partial charge in [0, 0.05) is 18.9 Å². The van der Waals surface area contributed by atoms with Crippen molar-refractivity contribution in [1.82, 2.24) is 9.88 Å². The summed E-state index contributed by atoms with van der Waals surface area (Å²) >= 11 is 1.38. The first-order valence-corrected chi connectivity index (χ1v) is 9.32. The van der Waals surface area contributed by atoms with E-state index in [-0.39, 0.29) is 5.92 Å². The Balaban J connectivity index is 2.02. The summed E-state index contributed by atoms with van der Waals surface area (Å²) in [6, 6.07) is 0. The van der Waals surface area contributed by atoms with Crippen LogP contribution in [0.4, 0.5) is 0 Å². The number of hydrogen-bond donors (Lipinski definition) is 1. The van der Waals surface area contributed by atoms with E-state index in [2.05, 4.69) is 30.7 Å². The number of aromatic nitrogens is 1. The molecule has 124 valence electrons. The Labute approximate surface area is 137 Å². The van der Waals surface area contributed by atoms with E-state index < -0.39 is 5.97 Å². The number of carboxylic acid groups (broad SMARTS) is 1. The molecule has 0 spiro atoms. The molecule has 0 radical (unpaired) electrons. The quantitative estimate of drug-likeness (QED) is 0.823. The molecule has 1 fully saturated rings. The highest BCUT2D eigenvalue weighted by molar-refractivity contribution is 7.13. The second kappa shape index (κ2) is 8.06. The molecule has 1 N–H and O–H groups in total. The van der Waals surface area contributed by atoms with E-state index in [0.29, 0.717) is 4.88 Å². The fourth-order valence-corrected chi connectivity index (χ4v) is 4.11. The average molecular weight is 324 g/mol. The second-order valence-corrected chi connectivity index (χ2v) is 7.50. The number of thiazole rings is 1. The lowest BCUT2D eigenvalue weighted by atomic mass is 9.98. The molecule has 1 aromatic heterocycles. The molecule has 0 aromatic carbocycles. The van der Waals surface area contributed by atoms with Crippen molar-refractivity contribution in [2.45, 2.75) is 58.8 Å². The number of carbonyl (C=O) groups is 1. The van der Waals surface area contributed by atoms with Crippen LogP contribution in [0.5, 0.6) is 0 Å². The third-order valence-corrected chi connectivity index (χ3v) is 5.90. The van der Waals surface area contributed by atoms with Crippen molar-refractivity contribution >= 4 is 17.3 Å². The maximum Gasteiger partial charge on any atom is 0.347 e. The van der Waals surface area contributed by atoms with Crippen LogP contribution in [0.2, 0.25) is 0 Å². The van der Waals surface area contributed by atoms with Gasteiger partial charge in [-0.05, 0) is 44.7 Å². The van der Waals surface area contributed by atoms with Crippen LogP contribution in [0.1, 0.15) is 72.7 Å². The van der Waals surface area contributed by atoms with E-state index in [1.165, 1.54) is 24.2 Å². The molecule has 0 bridgehead atoms. The summed E-state index contributed by atoms with van der Waals surface area (Å²) in [5.41, 5.74) is 0.810. The molecule has 0 amide bonds. The first-order chi connectivity index (χ1) is 10.5. The van der Waals surface area contributed by atoms with Gasteiger partial charge in [-0.1, -0.05) is 20.8 Å². The number of piperidine rings is 1. The Morgan fingerprint density at radius 2 is 2.00 bits per heavy atom. The number of likely N-dealkylation sites (tertiary alicyclic amines) is 1. The van der Waals surface area contributed by atoms with E-state index in [4.69, 9.17) is 0 Å². The molecular formula is C17H28N2O2S. The maximum absolute atomic E-state index is 11.5. The molecule has 1 aromatic rings. The summed E-state index contributed by atoms with van der Waals surface area (Å²) in [7, 11) is 0. The van der Waals surface area contributed by atoms with E-state index in [1.807, 2.05) is 0 Å². The van der Waals surface area contributed by atoms with Crippen LogP contribution in [0.25, 0.3) is 0 Å². The normalized spacial score (nSPS) is 17.3. The van der Waals surface area contributed by atoms with E-state index >= 15 is 0 Å². The first kappa shape index (κ1) is 17.4. The fraction of sp³-hybridized carbons (Fsp3) is 0.765. The average Bonchev–Trinajstić information content (AvgIpc) is 2.92. The van der Waals surface area contributed by atoms with Crippen LogP contribution in [0.3, 0.4) is 0 Å². The monoisotopic (exact) mass is 324 g/mol. The van der Waals surface area contributed by atoms with E-state index in [1.54, 1.807) is 0 Å². The topological polar surface area (TPSA) is 53.4 Å². The molecule has 2 heterocycles. The predicted octanol–water partition coefficient (Wildman–Crippen LogP) is 4.02. The highest BCUT2D eigenvalue weighted by atomic mass is 32.1. The summed E-state index contributed by atoms with van der Waals surface area (Å²) in [5, 5.41) is 10.4. The Morgan fingerprint density at radius 3 is 2.55 bits per heavy atom. The molecule has 5 heteroatoms. The smallest absolute Gasteiger partial charge is 0.347 e. The van der Waals surface area contributed by atoms with Gasteiger partial charge in [-0.3, -0.25) is 0 Å². The minimum atomic E-state index is -0.822. The van der Waals surface area contributed by atoms with Gasteiger partial charge in [0.25, 0.3) is 0 Å². The lowest BCUT2D eigenvalue weighted by Crippen LogP contribution is -2.34. The lowest BCUT2D eigenvalue weighted by Gasteiger charge is -2.29.